The van der Waals surface area contributed by atoms with Crippen molar-refractivity contribution in [3.63, 3.8) is 0 Å². The fraction of sp³-hybridized carbons (Fsp3) is 0.125. The molecule has 0 atom stereocenters. The van der Waals surface area contributed by atoms with Crippen LogP contribution in [0.15, 0.2) is 48.5 Å². The van der Waals surface area contributed by atoms with Crippen LogP contribution in [-0.4, -0.2) is 19.5 Å². The Labute approximate surface area is 117 Å². The van der Waals surface area contributed by atoms with E-state index in [0.717, 1.165) is 17.1 Å². The highest BCUT2D eigenvalue weighted by Crippen LogP contribution is 2.37. The predicted octanol–water partition coefficient (Wildman–Crippen LogP) is 2.67. The van der Waals surface area contributed by atoms with E-state index in [1.54, 1.807) is 11.0 Å². The van der Waals surface area contributed by atoms with Crippen LogP contribution in [0.1, 0.15) is 5.56 Å². The molecule has 3 rings (SSSR count). The number of hydrogen-bond acceptors (Lipinski definition) is 3. The van der Waals surface area contributed by atoms with Crippen molar-refractivity contribution < 1.29 is 4.79 Å². The second-order valence-corrected chi connectivity index (χ2v) is 4.74. The van der Waals surface area contributed by atoms with Gasteiger partial charge in [-0.2, -0.15) is 5.26 Å². The van der Waals surface area contributed by atoms with Crippen molar-refractivity contribution in [2.75, 3.05) is 23.4 Å². The molecular formula is C16H13N3O. The van der Waals surface area contributed by atoms with E-state index in [9.17, 15) is 4.79 Å². The first kappa shape index (κ1) is 12.2. The van der Waals surface area contributed by atoms with E-state index < -0.39 is 0 Å². The summed E-state index contributed by atoms with van der Waals surface area (Å²) < 4.78 is 0. The average molecular weight is 263 g/mol. The summed E-state index contributed by atoms with van der Waals surface area (Å²) in [5.41, 5.74) is 3.15. The zero-order chi connectivity index (χ0) is 14.1. The Morgan fingerprint density at radius 2 is 1.85 bits per heavy atom. The van der Waals surface area contributed by atoms with Gasteiger partial charge in [0.15, 0.2) is 0 Å². The molecule has 0 radical (unpaired) electrons. The molecule has 0 fully saturated rings. The van der Waals surface area contributed by atoms with Crippen molar-refractivity contribution in [1.82, 2.24) is 0 Å². The number of fused-ring (bicyclic) bond motifs is 1. The summed E-state index contributed by atoms with van der Waals surface area (Å²) in [6, 6.07) is 17.1. The first-order chi connectivity index (χ1) is 9.70. The molecule has 0 unspecified atom stereocenters. The number of likely N-dealkylation sites (N-methyl/N-ethyl adjacent to an activating group) is 1. The van der Waals surface area contributed by atoms with E-state index in [2.05, 4.69) is 6.07 Å². The molecule has 1 heterocycles. The van der Waals surface area contributed by atoms with Gasteiger partial charge in [-0.25, -0.2) is 0 Å². The number of nitriles is 1. The zero-order valence-corrected chi connectivity index (χ0v) is 11.1. The van der Waals surface area contributed by atoms with Crippen molar-refractivity contribution in [3.8, 4) is 6.07 Å². The number of benzene rings is 2. The van der Waals surface area contributed by atoms with Crippen LogP contribution in [0.5, 0.6) is 0 Å². The Bertz CT molecular complexity index is 703. The Morgan fingerprint density at radius 1 is 1.10 bits per heavy atom. The molecule has 0 aliphatic carbocycles. The maximum Gasteiger partial charge on any atom is 0.251 e. The molecular weight excluding hydrogens is 250 g/mol. The highest BCUT2D eigenvalue weighted by atomic mass is 16.2. The molecule has 1 aliphatic heterocycles. The van der Waals surface area contributed by atoms with Crippen LogP contribution in [0.4, 0.5) is 17.1 Å². The maximum atomic E-state index is 12.3. The molecule has 0 aromatic heterocycles. The van der Waals surface area contributed by atoms with Crippen molar-refractivity contribution in [1.29, 1.82) is 5.26 Å². The van der Waals surface area contributed by atoms with E-state index >= 15 is 0 Å². The summed E-state index contributed by atoms with van der Waals surface area (Å²) in [5, 5.41) is 9.01. The molecule has 4 nitrogen and oxygen atoms in total. The van der Waals surface area contributed by atoms with Gasteiger partial charge < -0.3 is 4.90 Å². The van der Waals surface area contributed by atoms with Gasteiger partial charge in [0.1, 0.15) is 0 Å². The summed E-state index contributed by atoms with van der Waals surface area (Å²) in [7, 11) is 1.86. The molecule has 98 valence electrons. The molecule has 0 N–H and O–H groups in total. The van der Waals surface area contributed by atoms with Crippen LogP contribution >= 0.6 is 0 Å². The van der Waals surface area contributed by atoms with Gasteiger partial charge in [0.05, 0.1) is 29.6 Å². The van der Waals surface area contributed by atoms with Gasteiger partial charge in [0, 0.05) is 12.7 Å². The normalized spacial score (nSPS) is 13.9. The van der Waals surface area contributed by atoms with Gasteiger partial charge in [-0.15, -0.1) is 0 Å². The number of para-hydroxylation sites is 1. The summed E-state index contributed by atoms with van der Waals surface area (Å²) in [6.45, 7) is 0.302. The molecule has 20 heavy (non-hydrogen) atoms. The van der Waals surface area contributed by atoms with Crippen LogP contribution in [-0.2, 0) is 4.79 Å². The Kier molecular flexibility index (Phi) is 2.88. The number of amides is 1. The molecule has 0 bridgehead atoms. The van der Waals surface area contributed by atoms with E-state index in [1.807, 2.05) is 54.4 Å². The van der Waals surface area contributed by atoms with Crippen LogP contribution in [0, 0.1) is 11.3 Å². The SMILES string of the molecule is CN1CC(=O)N(c2ccccc2)c2ccc(C#N)cc21. The van der Waals surface area contributed by atoms with Gasteiger partial charge in [-0.1, -0.05) is 18.2 Å². The first-order valence-electron chi connectivity index (χ1n) is 6.34. The number of rotatable bonds is 1. The zero-order valence-electron chi connectivity index (χ0n) is 11.1. The molecule has 1 amide bonds. The van der Waals surface area contributed by atoms with Gasteiger partial charge >= 0.3 is 0 Å². The van der Waals surface area contributed by atoms with Gasteiger partial charge in [0.25, 0.3) is 5.91 Å². The van der Waals surface area contributed by atoms with Crippen LogP contribution < -0.4 is 9.80 Å². The molecule has 0 saturated heterocycles. The van der Waals surface area contributed by atoms with Gasteiger partial charge in [-0.3, -0.25) is 9.69 Å². The smallest absolute Gasteiger partial charge is 0.251 e. The molecule has 2 aromatic rings. The largest absolute Gasteiger partial charge is 0.364 e. The number of anilines is 3. The minimum absolute atomic E-state index is 0.0240. The number of carbonyl (C=O) groups excluding carboxylic acids is 1. The molecule has 4 heteroatoms. The van der Waals surface area contributed by atoms with Crippen LogP contribution in [0.2, 0.25) is 0 Å². The Hall–Kier alpha value is -2.80. The third-order valence-electron chi connectivity index (χ3n) is 3.39. The van der Waals surface area contributed by atoms with Crippen molar-refractivity contribution in [2.24, 2.45) is 0 Å². The van der Waals surface area contributed by atoms with E-state index in [4.69, 9.17) is 5.26 Å². The average Bonchev–Trinajstić information content (AvgIpc) is 2.48. The monoisotopic (exact) mass is 263 g/mol. The minimum Gasteiger partial charge on any atom is -0.364 e. The van der Waals surface area contributed by atoms with Crippen molar-refractivity contribution in [3.05, 3.63) is 54.1 Å². The third kappa shape index (κ3) is 1.90. The fourth-order valence-corrected chi connectivity index (χ4v) is 2.44. The summed E-state index contributed by atoms with van der Waals surface area (Å²) in [4.78, 5) is 15.9. The third-order valence-corrected chi connectivity index (χ3v) is 3.39. The van der Waals surface area contributed by atoms with Gasteiger partial charge in [-0.05, 0) is 30.3 Å². The quantitative estimate of drug-likeness (QED) is 0.794. The summed E-state index contributed by atoms with van der Waals surface area (Å²) in [6.07, 6.45) is 0. The van der Waals surface area contributed by atoms with Crippen molar-refractivity contribution in [2.45, 2.75) is 0 Å². The minimum atomic E-state index is 0.0240. The lowest BCUT2D eigenvalue weighted by Gasteiger charge is -2.35. The van der Waals surface area contributed by atoms with E-state index in [-0.39, 0.29) is 5.91 Å². The summed E-state index contributed by atoms with van der Waals surface area (Å²) >= 11 is 0. The lowest BCUT2D eigenvalue weighted by molar-refractivity contribution is -0.116. The molecule has 1 aliphatic rings. The maximum absolute atomic E-state index is 12.3. The van der Waals surface area contributed by atoms with E-state index in [0.29, 0.717) is 12.1 Å². The highest BCUT2D eigenvalue weighted by Gasteiger charge is 2.28. The van der Waals surface area contributed by atoms with Crippen LogP contribution in [0.25, 0.3) is 0 Å². The second-order valence-electron chi connectivity index (χ2n) is 4.74. The summed E-state index contributed by atoms with van der Waals surface area (Å²) in [5.74, 6) is 0.0240. The predicted molar refractivity (Wildman–Crippen MR) is 78.0 cm³/mol. The standard InChI is InChI=1S/C16H13N3O/c1-18-11-16(20)19(13-5-3-2-4-6-13)14-8-7-12(10-17)9-15(14)18/h2-9H,11H2,1H3. The first-order valence-corrected chi connectivity index (χ1v) is 6.34. The topological polar surface area (TPSA) is 47.3 Å². The Balaban J connectivity index is 2.17. The Morgan fingerprint density at radius 3 is 2.55 bits per heavy atom. The second kappa shape index (κ2) is 4.71. The number of nitrogens with zero attached hydrogens (tertiary/aromatic N) is 3. The van der Waals surface area contributed by atoms with Crippen molar-refractivity contribution >= 4 is 23.0 Å². The number of hydrogen-bond donors (Lipinski definition) is 0. The molecule has 2 aromatic carbocycles. The molecule has 0 spiro atoms. The highest BCUT2D eigenvalue weighted by molar-refractivity contribution is 6.08. The lowest BCUT2D eigenvalue weighted by Crippen LogP contribution is -2.41. The fourth-order valence-electron chi connectivity index (χ4n) is 2.44. The molecule has 0 saturated carbocycles. The van der Waals surface area contributed by atoms with E-state index in [1.165, 1.54) is 0 Å². The van der Waals surface area contributed by atoms with Gasteiger partial charge in [0.2, 0.25) is 0 Å². The van der Waals surface area contributed by atoms with Crippen LogP contribution in [0.3, 0.4) is 0 Å². The number of carbonyl (C=O) groups is 1. The lowest BCUT2D eigenvalue weighted by atomic mass is 10.1.